The van der Waals surface area contributed by atoms with Crippen molar-refractivity contribution in [1.29, 1.82) is 0 Å². The first-order valence-electron chi connectivity index (χ1n) is 7.56. The van der Waals surface area contributed by atoms with Crippen LogP contribution in [0.5, 0.6) is 0 Å². The van der Waals surface area contributed by atoms with Gasteiger partial charge < -0.3 is 14.9 Å². The van der Waals surface area contributed by atoms with Crippen molar-refractivity contribution in [3.8, 4) is 0 Å². The van der Waals surface area contributed by atoms with Crippen molar-refractivity contribution >= 4 is 11.8 Å². The number of nitrogens with zero attached hydrogens (tertiary/aromatic N) is 2. The molecule has 124 valence electrons. The van der Waals surface area contributed by atoms with Gasteiger partial charge in [0.25, 0.3) is 11.8 Å². The first kappa shape index (κ1) is 15.9. The average molecular weight is 324 g/mol. The molecule has 23 heavy (non-hydrogen) atoms. The summed E-state index contributed by atoms with van der Waals surface area (Å²) in [4.78, 5) is 27.1. The van der Waals surface area contributed by atoms with Gasteiger partial charge in [0.1, 0.15) is 6.54 Å². The number of rotatable bonds is 3. The number of carbonyl (C=O) groups is 2. The number of alkyl halides is 2. The van der Waals surface area contributed by atoms with E-state index >= 15 is 0 Å². The minimum Gasteiger partial charge on any atom is -0.394 e. The number of aliphatic hydroxyl groups is 1. The molecule has 0 spiro atoms. The second kappa shape index (κ2) is 5.88. The largest absolute Gasteiger partial charge is 0.394 e. The maximum absolute atomic E-state index is 13.5. The molecule has 0 bridgehead atoms. The summed E-state index contributed by atoms with van der Waals surface area (Å²) < 4.78 is 26.9. The van der Waals surface area contributed by atoms with E-state index in [9.17, 15) is 23.5 Å². The van der Waals surface area contributed by atoms with E-state index in [-0.39, 0.29) is 12.5 Å². The van der Waals surface area contributed by atoms with Crippen LogP contribution in [0.25, 0.3) is 0 Å². The predicted molar refractivity (Wildman–Crippen MR) is 78.2 cm³/mol. The van der Waals surface area contributed by atoms with E-state index in [4.69, 9.17) is 0 Å². The summed E-state index contributed by atoms with van der Waals surface area (Å²) >= 11 is 0. The predicted octanol–water partition coefficient (Wildman–Crippen LogP) is 0.913. The van der Waals surface area contributed by atoms with Gasteiger partial charge in [-0.15, -0.1) is 0 Å². The number of amides is 2. The molecule has 1 fully saturated rings. The molecule has 0 saturated carbocycles. The fourth-order valence-electron chi connectivity index (χ4n) is 3.23. The van der Waals surface area contributed by atoms with E-state index in [2.05, 4.69) is 0 Å². The number of benzene rings is 1. The van der Waals surface area contributed by atoms with Crippen molar-refractivity contribution in [1.82, 2.24) is 9.80 Å². The lowest BCUT2D eigenvalue weighted by atomic mass is 9.99. The highest BCUT2D eigenvalue weighted by molar-refractivity contribution is 5.98. The molecule has 3 rings (SSSR count). The molecule has 1 saturated heterocycles. The molecule has 5 nitrogen and oxygen atoms in total. The molecular formula is C16H18F2N2O3. The molecule has 0 radical (unpaired) electrons. The second-order valence-corrected chi connectivity index (χ2v) is 6.05. The van der Waals surface area contributed by atoms with Crippen molar-refractivity contribution in [2.75, 3.05) is 26.2 Å². The minimum atomic E-state index is -2.98. The molecule has 0 aromatic heterocycles. The number of halogens is 2. The van der Waals surface area contributed by atoms with Crippen LogP contribution in [0.2, 0.25) is 0 Å². The Hall–Kier alpha value is -2.02. The van der Waals surface area contributed by atoms with Crippen molar-refractivity contribution in [3.63, 3.8) is 0 Å². The second-order valence-electron chi connectivity index (χ2n) is 6.05. The molecule has 1 atom stereocenters. The van der Waals surface area contributed by atoms with Gasteiger partial charge in [-0.2, -0.15) is 0 Å². The molecule has 1 aromatic rings. The SMILES string of the molecule is O=C1c2ccccc2CCN1CC(=O)N1CC(F)(F)CC1CO. The molecule has 2 heterocycles. The third-order valence-corrected chi connectivity index (χ3v) is 4.42. The van der Waals surface area contributed by atoms with Crippen molar-refractivity contribution < 1.29 is 23.5 Å². The van der Waals surface area contributed by atoms with Crippen molar-refractivity contribution in [2.24, 2.45) is 0 Å². The fraction of sp³-hybridized carbons (Fsp3) is 0.500. The zero-order valence-corrected chi connectivity index (χ0v) is 12.5. The Morgan fingerprint density at radius 2 is 2.09 bits per heavy atom. The molecule has 2 aliphatic rings. The summed E-state index contributed by atoms with van der Waals surface area (Å²) in [6.45, 7) is -1.05. The fourth-order valence-corrected chi connectivity index (χ4v) is 3.23. The quantitative estimate of drug-likeness (QED) is 0.899. The number of aliphatic hydroxyl groups excluding tert-OH is 1. The summed E-state index contributed by atoms with van der Waals surface area (Å²) in [5.74, 6) is -3.79. The lowest BCUT2D eigenvalue weighted by Gasteiger charge is -2.30. The van der Waals surface area contributed by atoms with Gasteiger partial charge >= 0.3 is 0 Å². The maximum atomic E-state index is 13.5. The smallest absolute Gasteiger partial charge is 0.267 e. The van der Waals surface area contributed by atoms with Crippen LogP contribution in [0.4, 0.5) is 8.78 Å². The van der Waals surface area contributed by atoms with Crippen LogP contribution in [0.1, 0.15) is 22.3 Å². The summed E-state index contributed by atoms with van der Waals surface area (Å²) in [5.41, 5.74) is 1.49. The Labute approximate surface area is 132 Å². The van der Waals surface area contributed by atoms with Crippen LogP contribution < -0.4 is 0 Å². The van der Waals surface area contributed by atoms with E-state index in [1.54, 1.807) is 12.1 Å². The molecular weight excluding hydrogens is 306 g/mol. The van der Waals surface area contributed by atoms with Gasteiger partial charge in [0.05, 0.1) is 19.2 Å². The average Bonchev–Trinajstić information content (AvgIpc) is 2.85. The first-order chi connectivity index (χ1) is 10.9. The summed E-state index contributed by atoms with van der Waals surface area (Å²) in [6, 6.07) is 6.30. The van der Waals surface area contributed by atoms with E-state index in [0.29, 0.717) is 18.5 Å². The van der Waals surface area contributed by atoms with Crippen LogP contribution in [-0.4, -0.2) is 64.9 Å². The Morgan fingerprint density at radius 3 is 2.83 bits per heavy atom. The number of fused-ring (bicyclic) bond motifs is 1. The van der Waals surface area contributed by atoms with Gasteiger partial charge in [-0.1, -0.05) is 18.2 Å². The zero-order chi connectivity index (χ0) is 16.6. The lowest BCUT2D eigenvalue weighted by Crippen LogP contribution is -2.48. The van der Waals surface area contributed by atoms with E-state index in [0.717, 1.165) is 10.5 Å². The first-order valence-corrected chi connectivity index (χ1v) is 7.56. The van der Waals surface area contributed by atoms with Gasteiger partial charge in [0.2, 0.25) is 5.91 Å². The highest BCUT2D eigenvalue weighted by Crippen LogP contribution is 2.32. The zero-order valence-electron chi connectivity index (χ0n) is 12.5. The molecule has 7 heteroatoms. The van der Waals surface area contributed by atoms with Crippen LogP contribution >= 0.6 is 0 Å². The van der Waals surface area contributed by atoms with Gasteiger partial charge in [-0.25, -0.2) is 8.78 Å². The summed E-state index contributed by atoms with van der Waals surface area (Å²) in [5, 5.41) is 9.20. The normalized spacial score (nSPS) is 23.1. The number of hydrogen-bond donors (Lipinski definition) is 1. The van der Waals surface area contributed by atoms with Crippen molar-refractivity contribution in [2.45, 2.75) is 24.8 Å². The molecule has 0 aliphatic carbocycles. The standard InChI is InChI=1S/C16H18F2N2O3/c17-16(18)7-12(9-21)20(10-16)14(22)8-19-6-5-11-3-1-2-4-13(11)15(19)23/h1-4,12,21H,5-10H2. The Bertz CT molecular complexity index is 636. The maximum Gasteiger partial charge on any atom is 0.267 e. The number of hydrogen-bond acceptors (Lipinski definition) is 3. The molecule has 1 aromatic carbocycles. The van der Waals surface area contributed by atoms with Crippen LogP contribution in [0.15, 0.2) is 24.3 Å². The highest BCUT2D eigenvalue weighted by atomic mass is 19.3. The summed E-state index contributed by atoms with van der Waals surface area (Å²) in [6.07, 6.45) is 0.0980. The van der Waals surface area contributed by atoms with E-state index in [1.165, 1.54) is 4.90 Å². The van der Waals surface area contributed by atoms with Gasteiger partial charge in [-0.05, 0) is 18.1 Å². The van der Waals surface area contributed by atoms with Gasteiger partial charge in [0.15, 0.2) is 0 Å². The van der Waals surface area contributed by atoms with Gasteiger partial charge in [0, 0.05) is 18.5 Å². The molecule has 1 unspecified atom stereocenters. The van der Waals surface area contributed by atoms with Crippen LogP contribution in [-0.2, 0) is 11.2 Å². The molecule has 1 N–H and O–H groups in total. The monoisotopic (exact) mass is 324 g/mol. The van der Waals surface area contributed by atoms with E-state index in [1.807, 2.05) is 12.1 Å². The van der Waals surface area contributed by atoms with E-state index < -0.39 is 37.4 Å². The Kier molecular flexibility index (Phi) is 4.06. The summed E-state index contributed by atoms with van der Waals surface area (Å²) in [7, 11) is 0. The minimum absolute atomic E-state index is 0.236. The lowest BCUT2D eigenvalue weighted by molar-refractivity contribution is -0.134. The Morgan fingerprint density at radius 1 is 1.35 bits per heavy atom. The highest BCUT2D eigenvalue weighted by Gasteiger charge is 2.47. The Balaban J connectivity index is 1.70. The topological polar surface area (TPSA) is 60.9 Å². The van der Waals surface area contributed by atoms with Crippen LogP contribution in [0.3, 0.4) is 0 Å². The number of likely N-dealkylation sites (tertiary alicyclic amines) is 1. The van der Waals surface area contributed by atoms with Crippen molar-refractivity contribution in [3.05, 3.63) is 35.4 Å². The third-order valence-electron chi connectivity index (χ3n) is 4.42. The third kappa shape index (κ3) is 3.06. The van der Waals surface area contributed by atoms with Gasteiger partial charge in [-0.3, -0.25) is 9.59 Å². The van der Waals surface area contributed by atoms with Crippen LogP contribution in [0, 0.1) is 0 Å². The molecule has 2 amide bonds. The molecule has 2 aliphatic heterocycles. The number of carbonyl (C=O) groups excluding carboxylic acids is 2.